The standard InChI is InChI=1S/C23H25N7/c1-29-21(18-8-11-25-12-9-18)26-20-19(27-23(24)28-22(20)29)17-6-4-16(5-7-17)10-15-30-13-2-3-14-30/h4-9,11-12H,2-3,10,13-15H2,1H3,(H2,24,27,28). The van der Waals surface area contributed by atoms with Crippen molar-refractivity contribution in [3.05, 3.63) is 54.4 Å². The van der Waals surface area contributed by atoms with Crippen LogP contribution in [0.5, 0.6) is 0 Å². The number of nitrogens with two attached hydrogens (primary N) is 1. The maximum atomic E-state index is 6.05. The summed E-state index contributed by atoms with van der Waals surface area (Å²) in [5, 5.41) is 0. The molecule has 0 saturated carbocycles. The molecule has 1 saturated heterocycles. The first-order chi connectivity index (χ1) is 14.7. The Hall–Kier alpha value is -3.32. The third kappa shape index (κ3) is 3.52. The highest BCUT2D eigenvalue weighted by Crippen LogP contribution is 2.30. The summed E-state index contributed by atoms with van der Waals surface area (Å²) in [6.07, 6.45) is 7.25. The van der Waals surface area contributed by atoms with Gasteiger partial charge in [0.15, 0.2) is 5.65 Å². The van der Waals surface area contributed by atoms with Crippen molar-refractivity contribution in [2.75, 3.05) is 25.4 Å². The van der Waals surface area contributed by atoms with E-state index in [0.717, 1.165) is 46.8 Å². The van der Waals surface area contributed by atoms with Crippen LogP contribution < -0.4 is 5.73 Å². The summed E-state index contributed by atoms with van der Waals surface area (Å²) in [5.74, 6) is 1.07. The van der Waals surface area contributed by atoms with E-state index < -0.39 is 0 Å². The van der Waals surface area contributed by atoms with Gasteiger partial charge in [-0.15, -0.1) is 0 Å². The van der Waals surface area contributed by atoms with Crippen molar-refractivity contribution in [2.24, 2.45) is 7.05 Å². The Morgan fingerprint density at radius 2 is 1.63 bits per heavy atom. The fourth-order valence-electron chi connectivity index (χ4n) is 4.16. The van der Waals surface area contributed by atoms with Crippen LogP contribution in [0.4, 0.5) is 5.95 Å². The van der Waals surface area contributed by atoms with E-state index in [4.69, 9.17) is 10.7 Å². The van der Waals surface area contributed by atoms with Crippen LogP contribution in [0, 0.1) is 0 Å². The van der Waals surface area contributed by atoms with E-state index in [1.165, 1.54) is 31.5 Å². The van der Waals surface area contributed by atoms with E-state index in [2.05, 4.69) is 44.1 Å². The molecule has 3 aromatic heterocycles. The van der Waals surface area contributed by atoms with Gasteiger partial charge in [-0.3, -0.25) is 4.98 Å². The second-order valence-electron chi connectivity index (χ2n) is 7.83. The summed E-state index contributed by atoms with van der Waals surface area (Å²) in [5.41, 5.74) is 11.6. The van der Waals surface area contributed by atoms with Gasteiger partial charge in [0.1, 0.15) is 17.0 Å². The number of nitrogen functional groups attached to an aromatic ring is 1. The smallest absolute Gasteiger partial charge is 0.222 e. The molecule has 1 fully saturated rings. The zero-order chi connectivity index (χ0) is 20.5. The van der Waals surface area contributed by atoms with E-state index >= 15 is 0 Å². The van der Waals surface area contributed by atoms with Crippen molar-refractivity contribution in [3.63, 3.8) is 0 Å². The first kappa shape index (κ1) is 18.7. The number of hydrogen-bond donors (Lipinski definition) is 1. The predicted molar refractivity (Wildman–Crippen MR) is 119 cm³/mol. The van der Waals surface area contributed by atoms with E-state index in [-0.39, 0.29) is 5.95 Å². The van der Waals surface area contributed by atoms with Crippen molar-refractivity contribution >= 4 is 17.1 Å². The van der Waals surface area contributed by atoms with Crippen molar-refractivity contribution in [1.29, 1.82) is 0 Å². The third-order valence-electron chi connectivity index (χ3n) is 5.82. The Morgan fingerprint density at radius 1 is 0.900 bits per heavy atom. The van der Waals surface area contributed by atoms with Crippen LogP contribution in [-0.4, -0.2) is 49.0 Å². The molecule has 4 heterocycles. The largest absolute Gasteiger partial charge is 0.368 e. The van der Waals surface area contributed by atoms with Crippen molar-refractivity contribution in [1.82, 2.24) is 29.4 Å². The highest BCUT2D eigenvalue weighted by atomic mass is 15.2. The zero-order valence-corrected chi connectivity index (χ0v) is 17.1. The van der Waals surface area contributed by atoms with Crippen molar-refractivity contribution in [3.8, 4) is 22.6 Å². The first-order valence-electron chi connectivity index (χ1n) is 10.4. The minimum Gasteiger partial charge on any atom is -0.368 e. The number of benzene rings is 1. The van der Waals surface area contributed by atoms with Gasteiger partial charge in [-0.1, -0.05) is 24.3 Å². The molecule has 152 valence electrons. The van der Waals surface area contributed by atoms with E-state index in [0.29, 0.717) is 0 Å². The molecule has 0 amide bonds. The fraction of sp³-hybridized carbons (Fsp3) is 0.304. The normalized spacial score (nSPS) is 14.6. The molecule has 0 aliphatic carbocycles. The second-order valence-corrected chi connectivity index (χ2v) is 7.83. The summed E-state index contributed by atoms with van der Waals surface area (Å²) in [6.45, 7) is 3.59. The summed E-state index contributed by atoms with van der Waals surface area (Å²) in [4.78, 5) is 20.5. The van der Waals surface area contributed by atoms with E-state index in [1.807, 2.05) is 23.7 Å². The zero-order valence-electron chi connectivity index (χ0n) is 17.1. The molecule has 1 aliphatic rings. The molecule has 1 aliphatic heterocycles. The first-order valence-corrected chi connectivity index (χ1v) is 10.4. The summed E-state index contributed by atoms with van der Waals surface area (Å²) >= 11 is 0. The molecule has 7 nitrogen and oxygen atoms in total. The number of imidazole rings is 1. The third-order valence-corrected chi connectivity index (χ3v) is 5.82. The van der Waals surface area contributed by atoms with Gasteiger partial charge >= 0.3 is 0 Å². The van der Waals surface area contributed by atoms with Crippen LogP contribution in [0.3, 0.4) is 0 Å². The Labute approximate surface area is 175 Å². The highest BCUT2D eigenvalue weighted by Gasteiger charge is 2.18. The molecule has 0 bridgehead atoms. The minimum atomic E-state index is 0.250. The maximum Gasteiger partial charge on any atom is 0.222 e. The molecule has 0 spiro atoms. The average molecular weight is 400 g/mol. The molecule has 0 atom stereocenters. The number of anilines is 1. The molecular weight excluding hydrogens is 374 g/mol. The van der Waals surface area contributed by atoms with Gasteiger partial charge in [0.05, 0.1) is 0 Å². The van der Waals surface area contributed by atoms with Crippen molar-refractivity contribution in [2.45, 2.75) is 19.3 Å². The summed E-state index contributed by atoms with van der Waals surface area (Å²) in [6, 6.07) is 12.5. The lowest BCUT2D eigenvalue weighted by Gasteiger charge is -2.14. The van der Waals surface area contributed by atoms with Gasteiger partial charge in [0, 0.05) is 37.1 Å². The Balaban J connectivity index is 1.49. The molecule has 0 unspecified atom stereocenters. The molecule has 5 rings (SSSR count). The van der Waals surface area contributed by atoms with Gasteiger partial charge in [-0.2, -0.15) is 4.98 Å². The quantitative estimate of drug-likeness (QED) is 0.554. The average Bonchev–Trinajstić information content (AvgIpc) is 3.41. The van der Waals surface area contributed by atoms with Crippen LogP contribution in [0.25, 0.3) is 33.8 Å². The Kier molecular flexibility index (Phi) is 4.88. The lowest BCUT2D eigenvalue weighted by molar-refractivity contribution is 0.343. The van der Waals surface area contributed by atoms with Gasteiger partial charge < -0.3 is 15.2 Å². The molecule has 4 aromatic rings. The number of likely N-dealkylation sites (tertiary alicyclic amines) is 1. The van der Waals surface area contributed by atoms with Gasteiger partial charge in [0.2, 0.25) is 5.95 Å². The summed E-state index contributed by atoms with van der Waals surface area (Å²) < 4.78 is 1.95. The monoisotopic (exact) mass is 399 g/mol. The van der Waals surface area contributed by atoms with Crippen LogP contribution in [0.15, 0.2) is 48.8 Å². The van der Waals surface area contributed by atoms with E-state index in [9.17, 15) is 0 Å². The number of aromatic nitrogens is 5. The molecule has 2 N–H and O–H groups in total. The van der Waals surface area contributed by atoms with Crippen LogP contribution in [0.1, 0.15) is 18.4 Å². The molecule has 7 heteroatoms. The topological polar surface area (TPSA) is 85.8 Å². The maximum absolute atomic E-state index is 6.05. The van der Waals surface area contributed by atoms with Gasteiger partial charge in [0.25, 0.3) is 0 Å². The number of pyridine rings is 1. The van der Waals surface area contributed by atoms with Crippen molar-refractivity contribution < 1.29 is 0 Å². The van der Waals surface area contributed by atoms with Gasteiger partial charge in [-0.25, -0.2) is 9.97 Å². The SMILES string of the molecule is Cn1c(-c2ccncc2)nc2c(-c3ccc(CCN4CCCC4)cc3)nc(N)nc21. The Bertz CT molecular complexity index is 1160. The van der Waals surface area contributed by atoms with Crippen LogP contribution >= 0.6 is 0 Å². The highest BCUT2D eigenvalue weighted by molar-refractivity contribution is 5.90. The molecule has 30 heavy (non-hydrogen) atoms. The van der Waals surface area contributed by atoms with Gasteiger partial charge in [-0.05, 0) is 50.0 Å². The lowest BCUT2D eigenvalue weighted by atomic mass is 10.1. The number of hydrogen-bond acceptors (Lipinski definition) is 6. The predicted octanol–water partition coefficient (Wildman–Crippen LogP) is 3.31. The number of nitrogens with zero attached hydrogens (tertiary/aromatic N) is 6. The molecular formula is C23H25N7. The fourth-order valence-corrected chi connectivity index (χ4v) is 4.16. The number of fused-ring (bicyclic) bond motifs is 1. The molecule has 1 aromatic carbocycles. The number of rotatable bonds is 5. The van der Waals surface area contributed by atoms with Crippen LogP contribution in [-0.2, 0) is 13.5 Å². The minimum absolute atomic E-state index is 0.250. The Morgan fingerprint density at radius 3 is 2.37 bits per heavy atom. The van der Waals surface area contributed by atoms with Crippen LogP contribution in [0.2, 0.25) is 0 Å². The second kappa shape index (κ2) is 7.84. The van der Waals surface area contributed by atoms with E-state index in [1.54, 1.807) is 12.4 Å². The number of aryl methyl sites for hydroxylation is 1. The lowest BCUT2D eigenvalue weighted by Crippen LogP contribution is -2.21. The molecule has 0 radical (unpaired) electrons. The summed E-state index contributed by atoms with van der Waals surface area (Å²) in [7, 11) is 1.95.